The summed E-state index contributed by atoms with van der Waals surface area (Å²) in [5.41, 5.74) is 0.328. The van der Waals surface area contributed by atoms with Gasteiger partial charge in [0.05, 0.1) is 10.9 Å². The molecule has 112 valence electrons. The second-order valence-corrected chi connectivity index (χ2v) is 6.77. The summed E-state index contributed by atoms with van der Waals surface area (Å²) in [6.45, 7) is 0. The first-order valence-corrected chi connectivity index (χ1v) is 8.38. The molecule has 2 heterocycles. The zero-order valence-corrected chi connectivity index (χ0v) is 13.2. The highest BCUT2D eigenvalue weighted by molar-refractivity contribution is 7.99. The van der Waals surface area contributed by atoms with Gasteiger partial charge >= 0.3 is 0 Å². The summed E-state index contributed by atoms with van der Waals surface area (Å²) in [7, 11) is 1.83. The Labute approximate surface area is 132 Å². The number of hydrogen-bond acceptors (Lipinski definition) is 4. The molecular formula is C14H16ClN3O2S. The largest absolute Gasteiger partial charge is 0.341 e. The molecule has 0 N–H and O–H groups in total. The van der Waals surface area contributed by atoms with Crippen molar-refractivity contribution in [3.05, 3.63) is 29.0 Å². The molecule has 3 rings (SSSR count). The molecule has 2 fully saturated rings. The summed E-state index contributed by atoms with van der Waals surface area (Å²) >= 11 is 7.38. The van der Waals surface area contributed by atoms with Gasteiger partial charge in [-0.15, -0.1) is 11.8 Å². The highest BCUT2D eigenvalue weighted by Crippen LogP contribution is 2.29. The van der Waals surface area contributed by atoms with Gasteiger partial charge in [-0.25, -0.2) is 4.98 Å². The van der Waals surface area contributed by atoms with Gasteiger partial charge in [0.2, 0.25) is 5.91 Å². The lowest BCUT2D eigenvalue weighted by Gasteiger charge is -2.27. The van der Waals surface area contributed by atoms with E-state index in [4.69, 9.17) is 11.6 Å². The molecule has 1 atom stereocenters. The van der Waals surface area contributed by atoms with Crippen molar-refractivity contribution < 1.29 is 9.59 Å². The number of amides is 2. The molecule has 0 bridgehead atoms. The molecular weight excluding hydrogens is 310 g/mol. The van der Waals surface area contributed by atoms with Crippen LogP contribution in [0, 0.1) is 0 Å². The Hall–Kier alpha value is -1.27. The molecule has 2 amide bonds. The summed E-state index contributed by atoms with van der Waals surface area (Å²) in [6, 6.07) is 3.21. The maximum Gasteiger partial charge on any atom is 0.273 e. The van der Waals surface area contributed by atoms with Gasteiger partial charge in [-0.3, -0.25) is 9.59 Å². The lowest BCUT2D eigenvalue weighted by Crippen LogP contribution is -2.48. The van der Waals surface area contributed by atoms with Crippen LogP contribution in [0.2, 0.25) is 5.02 Å². The number of thioether (sulfide) groups is 1. The number of hydrogen-bond donors (Lipinski definition) is 0. The summed E-state index contributed by atoms with van der Waals surface area (Å²) in [5.74, 6) is 0.997. The van der Waals surface area contributed by atoms with Crippen molar-refractivity contribution in [2.45, 2.75) is 24.9 Å². The predicted octanol–water partition coefficient (Wildman–Crippen LogP) is 1.87. The highest BCUT2D eigenvalue weighted by atomic mass is 35.5. The SMILES string of the molecule is CN(C(=O)C1CSCN1C(=O)c1ccc(Cl)cn1)C1CC1. The molecule has 21 heavy (non-hydrogen) atoms. The number of carbonyl (C=O) groups is 2. The number of rotatable bonds is 3. The van der Waals surface area contributed by atoms with Crippen molar-refractivity contribution in [3.63, 3.8) is 0 Å². The molecule has 0 radical (unpaired) electrons. The zero-order chi connectivity index (χ0) is 15.0. The molecule has 1 aliphatic carbocycles. The Morgan fingerprint density at radius 1 is 1.43 bits per heavy atom. The van der Waals surface area contributed by atoms with Gasteiger partial charge in [0.1, 0.15) is 11.7 Å². The third kappa shape index (κ3) is 3.01. The Kier molecular flexibility index (Phi) is 4.08. The second-order valence-electron chi connectivity index (χ2n) is 5.33. The maximum atomic E-state index is 12.5. The number of pyridine rings is 1. The Morgan fingerprint density at radius 3 is 2.81 bits per heavy atom. The van der Waals surface area contributed by atoms with E-state index >= 15 is 0 Å². The number of aromatic nitrogens is 1. The molecule has 1 aromatic heterocycles. The van der Waals surface area contributed by atoms with Crippen LogP contribution in [0.4, 0.5) is 0 Å². The van der Waals surface area contributed by atoms with Gasteiger partial charge in [0.25, 0.3) is 5.91 Å². The molecule has 1 aliphatic heterocycles. The number of likely N-dealkylation sites (N-methyl/N-ethyl adjacent to an activating group) is 1. The maximum absolute atomic E-state index is 12.5. The van der Waals surface area contributed by atoms with Crippen LogP contribution >= 0.6 is 23.4 Å². The molecule has 1 saturated heterocycles. The van der Waals surface area contributed by atoms with E-state index in [9.17, 15) is 9.59 Å². The fourth-order valence-electron chi connectivity index (χ4n) is 2.37. The van der Waals surface area contributed by atoms with Crippen LogP contribution in [-0.4, -0.2) is 57.4 Å². The van der Waals surface area contributed by atoms with Crippen molar-refractivity contribution in [1.82, 2.24) is 14.8 Å². The fourth-order valence-corrected chi connectivity index (χ4v) is 3.63. The molecule has 2 aliphatic rings. The summed E-state index contributed by atoms with van der Waals surface area (Å²) in [6.07, 6.45) is 3.58. The van der Waals surface area contributed by atoms with E-state index in [1.54, 1.807) is 33.7 Å². The van der Waals surface area contributed by atoms with Gasteiger partial charge in [0, 0.05) is 25.0 Å². The minimum atomic E-state index is -0.384. The summed E-state index contributed by atoms with van der Waals surface area (Å²) < 4.78 is 0. The average molecular weight is 326 g/mol. The number of halogens is 1. The van der Waals surface area contributed by atoms with Crippen molar-refractivity contribution >= 4 is 35.2 Å². The zero-order valence-electron chi connectivity index (χ0n) is 11.7. The van der Waals surface area contributed by atoms with Crippen LogP contribution in [0.25, 0.3) is 0 Å². The smallest absolute Gasteiger partial charge is 0.273 e. The number of nitrogens with zero attached hydrogens (tertiary/aromatic N) is 3. The van der Waals surface area contributed by atoms with E-state index in [-0.39, 0.29) is 17.9 Å². The Bertz CT molecular complexity index is 562. The van der Waals surface area contributed by atoms with Gasteiger partial charge in [-0.2, -0.15) is 0 Å². The first-order chi connectivity index (χ1) is 10.1. The topological polar surface area (TPSA) is 53.5 Å². The first-order valence-electron chi connectivity index (χ1n) is 6.85. The quantitative estimate of drug-likeness (QED) is 0.851. The van der Waals surface area contributed by atoms with Crippen LogP contribution < -0.4 is 0 Å². The van der Waals surface area contributed by atoms with Gasteiger partial charge in [-0.05, 0) is 25.0 Å². The summed E-state index contributed by atoms with van der Waals surface area (Å²) in [4.78, 5) is 32.5. The van der Waals surface area contributed by atoms with Crippen LogP contribution in [0.3, 0.4) is 0 Å². The molecule has 0 aromatic carbocycles. The van der Waals surface area contributed by atoms with Crippen molar-refractivity contribution in [1.29, 1.82) is 0 Å². The Morgan fingerprint density at radius 2 is 2.19 bits per heavy atom. The van der Waals surface area contributed by atoms with E-state index < -0.39 is 0 Å². The van der Waals surface area contributed by atoms with Crippen molar-refractivity contribution in [3.8, 4) is 0 Å². The molecule has 1 unspecified atom stereocenters. The third-order valence-corrected chi connectivity index (χ3v) is 5.05. The van der Waals surface area contributed by atoms with Crippen molar-refractivity contribution in [2.75, 3.05) is 18.7 Å². The monoisotopic (exact) mass is 325 g/mol. The van der Waals surface area contributed by atoms with Crippen LogP contribution in [0.5, 0.6) is 0 Å². The Balaban J connectivity index is 1.75. The van der Waals surface area contributed by atoms with E-state index in [1.807, 2.05) is 7.05 Å². The fraction of sp³-hybridized carbons (Fsp3) is 0.500. The molecule has 1 saturated carbocycles. The van der Waals surface area contributed by atoms with E-state index in [1.165, 1.54) is 6.20 Å². The minimum Gasteiger partial charge on any atom is -0.341 e. The highest BCUT2D eigenvalue weighted by Gasteiger charge is 2.40. The third-order valence-electron chi connectivity index (χ3n) is 3.82. The van der Waals surface area contributed by atoms with Gasteiger partial charge in [0.15, 0.2) is 0 Å². The molecule has 7 heteroatoms. The molecule has 1 aromatic rings. The normalized spacial score (nSPS) is 21.4. The van der Waals surface area contributed by atoms with E-state index in [0.29, 0.717) is 28.4 Å². The van der Waals surface area contributed by atoms with E-state index in [0.717, 1.165) is 12.8 Å². The number of carbonyl (C=O) groups excluding carboxylic acids is 2. The van der Waals surface area contributed by atoms with E-state index in [2.05, 4.69) is 4.98 Å². The van der Waals surface area contributed by atoms with Crippen LogP contribution in [-0.2, 0) is 4.79 Å². The molecule has 5 nitrogen and oxygen atoms in total. The van der Waals surface area contributed by atoms with Crippen molar-refractivity contribution in [2.24, 2.45) is 0 Å². The first kappa shape index (κ1) is 14.7. The minimum absolute atomic E-state index is 0.0322. The van der Waals surface area contributed by atoms with Crippen LogP contribution in [0.1, 0.15) is 23.3 Å². The molecule has 0 spiro atoms. The lowest BCUT2D eigenvalue weighted by molar-refractivity contribution is -0.134. The standard InChI is InChI=1S/C14H16ClN3O2S/c1-17(10-3-4-10)14(20)12-7-21-8-18(12)13(19)11-5-2-9(15)6-16-11/h2,5-6,10,12H,3-4,7-8H2,1H3. The second kappa shape index (κ2) is 5.85. The lowest BCUT2D eigenvalue weighted by atomic mass is 10.2. The van der Waals surface area contributed by atoms with Crippen LogP contribution in [0.15, 0.2) is 18.3 Å². The summed E-state index contributed by atoms with van der Waals surface area (Å²) in [5, 5.41) is 0.489. The van der Waals surface area contributed by atoms with Gasteiger partial charge < -0.3 is 9.80 Å². The average Bonchev–Trinajstić information content (AvgIpc) is 3.23. The predicted molar refractivity (Wildman–Crippen MR) is 82.3 cm³/mol. The van der Waals surface area contributed by atoms with Gasteiger partial charge in [-0.1, -0.05) is 11.6 Å².